The molecule has 0 aromatic heterocycles. The van der Waals surface area contributed by atoms with Crippen LogP contribution in [0.2, 0.25) is 0 Å². The van der Waals surface area contributed by atoms with Gasteiger partial charge in [0.25, 0.3) is 0 Å². The molecule has 4 amide bonds. The highest BCUT2D eigenvalue weighted by atomic mass is 16.2. The third-order valence-electron chi connectivity index (χ3n) is 1.13. The Bertz CT molecular complexity index is 200. The molecule has 68 valence electrons. The Morgan fingerprint density at radius 2 is 1.25 bits per heavy atom. The predicted octanol–water partition coefficient (Wildman–Crippen LogP) is 0.384. The van der Waals surface area contributed by atoms with Crippen LogP contribution in [-0.2, 0) is 0 Å². The van der Waals surface area contributed by atoms with Crippen molar-refractivity contribution in [3.8, 4) is 0 Å². The largest absolute Gasteiger partial charge is 0.637 e. The van der Waals surface area contributed by atoms with E-state index in [9.17, 15) is 9.59 Å². The summed E-state index contributed by atoms with van der Waals surface area (Å²) in [5.41, 5.74) is 8.98. The highest BCUT2D eigenvalue weighted by molar-refractivity contribution is 5.78. The zero-order chi connectivity index (χ0) is 9.89. The minimum absolute atomic E-state index is 0.0556. The molecule has 0 rings (SSSR count). The van der Waals surface area contributed by atoms with Crippen molar-refractivity contribution in [2.75, 3.05) is 28.2 Å². The number of hydrogen-bond acceptors (Lipinski definition) is 2. The second kappa shape index (κ2) is 3.80. The van der Waals surface area contributed by atoms with E-state index >= 15 is 0 Å². The summed E-state index contributed by atoms with van der Waals surface area (Å²) in [7, 11) is 5.76. The van der Waals surface area contributed by atoms with E-state index in [0.29, 0.717) is 0 Å². The Balaban J connectivity index is 4.41. The lowest BCUT2D eigenvalue weighted by atomic mass is 10.7. The van der Waals surface area contributed by atoms with Crippen molar-refractivity contribution >= 4 is 12.1 Å². The summed E-state index contributed by atoms with van der Waals surface area (Å²) in [4.78, 5) is 24.1. The van der Waals surface area contributed by atoms with Gasteiger partial charge in [-0.05, 0) is 0 Å². The fourth-order valence-electron chi connectivity index (χ4n) is 0.461. The zero-order valence-electron chi connectivity index (χ0n) is 7.61. The first-order chi connectivity index (χ1) is 5.37. The number of nitrogens with zero attached hydrogens (tertiary/aromatic N) is 4. The van der Waals surface area contributed by atoms with Crippen LogP contribution >= 0.6 is 0 Å². The summed E-state index contributed by atoms with van der Waals surface area (Å²) >= 11 is 0. The Hall–Kier alpha value is -1.46. The maximum Gasteiger partial charge on any atom is 0.429 e. The topological polar surface area (TPSA) is 65.9 Å². The van der Waals surface area contributed by atoms with Gasteiger partial charge in [-0.15, -0.1) is 0 Å². The van der Waals surface area contributed by atoms with Crippen molar-refractivity contribution in [3.63, 3.8) is 0 Å². The maximum atomic E-state index is 10.9. The molecule has 0 bridgehead atoms. The molecule has 0 N–H and O–H groups in total. The fourth-order valence-corrected chi connectivity index (χ4v) is 0.461. The summed E-state index contributed by atoms with van der Waals surface area (Å²) in [6, 6.07) is -1.54. The van der Waals surface area contributed by atoms with E-state index in [1.165, 1.54) is 28.2 Å². The van der Waals surface area contributed by atoms with Crippen molar-refractivity contribution < 1.29 is 14.3 Å². The summed E-state index contributed by atoms with van der Waals surface area (Å²) in [5.74, 6) is 0. The van der Waals surface area contributed by atoms with Crippen molar-refractivity contribution in [1.29, 1.82) is 0 Å². The van der Waals surface area contributed by atoms with E-state index in [1.807, 2.05) is 0 Å². The quantitative estimate of drug-likeness (QED) is 0.391. The maximum absolute atomic E-state index is 10.9. The number of hydrogen-bond donors (Lipinski definition) is 0. The van der Waals surface area contributed by atoms with Gasteiger partial charge < -0.3 is 5.53 Å². The van der Waals surface area contributed by atoms with Gasteiger partial charge in [0.1, 0.15) is 0 Å². The lowest BCUT2D eigenvalue weighted by molar-refractivity contribution is -0.364. The van der Waals surface area contributed by atoms with Crippen molar-refractivity contribution in [2.45, 2.75) is 0 Å². The Kier molecular flexibility index (Phi) is 3.33. The number of urea groups is 2. The van der Waals surface area contributed by atoms with Crippen LogP contribution in [-0.4, -0.2) is 54.8 Å². The van der Waals surface area contributed by atoms with Gasteiger partial charge in [0.15, 0.2) is 0 Å². The molecule has 6 heteroatoms. The number of carbonyl (C=O) groups excluding carboxylic acids is 2. The molecule has 0 aromatic carbocycles. The molecule has 0 spiro atoms. The van der Waals surface area contributed by atoms with E-state index in [0.717, 1.165) is 9.80 Å². The zero-order valence-corrected chi connectivity index (χ0v) is 7.61. The molecule has 12 heavy (non-hydrogen) atoms. The molecule has 0 atom stereocenters. The Labute approximate surface area is 70.9 Å². The second-order valence-corrected chi connectivity index (χ2v) is 2.67. The van der Waals surface area contributed by atoms with Gasteiger partial charge in [-0.25, -0.2) is 14.3 Å². The van der Waals surface area contributed by atoms with Gasteiger partial charge in [0, 0.05) is 0 Å². The smallest absolute Gasteiger partial charge is 0.429 e. The van der Waals surface area contributed by atoms with E-state index in [-0.39, 0.29) is 4.70 Å². The van der Waals surface area contributed by atoms with Crippen LogP contribution in [0.3, 0.4) is 0 Å². The second-order valence-electron chi connectivity index (χ2n) is 2.67. The molecule has 0 aromatic rings. The third-order valence-corrected chi connectivity index (χ3v) is 1.13. The van der Waals surface area contributed by atoms with E-state index in [4.69, 9.17) is 5.53 Å². The molecule has 0 fully saturated rings. The third kappa shape index (κ3) is 2.30. The standard InChI is InChI=1S/C6H12N4O2/c1-8(2)5(11)10(7)6(12)9(3)4/h1-4H3. The average molecular weight is 172 g/mol. The normalized spacial score (nSPS) is 9.00. The van der Waals surface area contributed by atoms with Crippen LogP contribution in [0.1, 0.15) is 0 Å². The molecule has 0 aliphatic carbocycles. The van der Waals surface area contributed by atoms with Crippen molar-refractivity contribution in [1.82, 2.24) is 9.80 Å². The van der Waals surface area contributed by atoms with Crippen LogP contribution in [0.15, 0.2) is 0 Å². The lowest BCUT2D eigenvalue weighted by Gasteiger charge is -2.14. The lowest BCUT2D eigenvalue weighted by Crippen LogP contribution is -2.39. The van der Waals surface area contributed by atoms with Crippen LogP contribution in [0, 0.1) is 0 Å². The van der Waals surface area contributed by atoms with Crippen LogP contribution in [0.5, 0.6) is 0 Å². The van der Waals surface area contributed by atoms with Crippen LogP contribution < -0.4 is 0 Å². The molecule has 6 nitrogen and oxygen atoms in total. The summed E-state index contributed by atoms with van der Waals surface area (Å²) < 4.78 is 0.0556. The Morgan fingerprint density at radius 3 is 1.42 bits per heavy atom. The molecule has 0 aliphatic rings. The minimum Gasteiger partial charge on any atom is -0.637 e. The molecular weight excluding hydrogens is 160 g/mol. The summed E-state index contributed by atoms with van der Waals surface area (Å²) in [6.45, 7) is 0. The van der Waals surface area contributed by atoms with Crippen LogP contribution in [0.4, 0.5) is 9.59 Å². The molecule has 0 aliphatic heterocycles. The first-order valence-corrected chi connectivity index (χ1v) is 3.29. The molecule has 0 heterocycles. The van der Waals surface area contributed by atoms with Crippen molar-refractivity contribution in [3.05, 3.63) is 5.53 Å². The van der Waals surface area contributed by atoms with Gasteiger partial charge in [-0.2, -0.15) is 0 Å². The molecule has 0 saturated carbocycles. The van der Waals surface area contributed by atoms with Gasteiger partial charge in [0.05, 0.1) is 28.2 Å². The average Bonchev–Trinajstić information content (AvgIpc) is 2.00. The van der Waals surface area contributed by atoms with Gasteiger partial charge in [0.2, 0.25) is 0 Å². The monoisotopic (exact) mass is 172 g/mol. The minimum atomic E-state index is -0.770. The number of amides is 4. The molecular formula is C6H12N4O2. The first kappa shape index (κ1) is 10.5. The van der Waals surface area contributed by atoms with Gasteiger partial charge in [-0.3, -0.25) is 9.80 Å². The van der Waals surface area contributed by atoms with Crippen molar-refractivity contribution in [2.24, 2.45) is 0 Å². The summed E-state index contributed by atoms with van der Waals surface area (Å²) in [6.07, 6.45) is 0. The van der Waals surface area contributed by atoms with Crippen LogP contribution in [0.25, 0.3) is 5.53 Å². The van der Waals surface area contributed by atoms with E-state index in [1.54, 1.807) is 0 Å². The van der Waals surface area contributed by atoms with Gasteiger partial charge in [-0.1, -0.05) is 0 Å². The highest BCUT2D eigenvalue weighted by Crippen LogP contribution is 1.91. The highest BCUT2D eigenvalue weighted by Gasteiger charge is 2.19. The van der Waals surface area contributed by atoms with E-state index < -0.39 is 12.1 Å². The molecule has 0 saturated heterocycles. The fraction of sp³-hybridized carbons (Fsp3) is 0.667. The Morgan fingerprint density at radius 1 is 1.00 bits per heavy atom. The SMILES string of the molecule is CN(C)C(=O)[N+](=[N-])C(=O)N(C)C. The van der Waals surface area contributed by atoms with Gasteiger partial charge >= 0.3 is 12.1 Å². The number of imide groups is 1. The van der Waals surface area contributed by atoms with E-state index in [2.05, 4.69) is 0 Å². The predicted molar refractivity (Wildman–Crippen MR) is 41.8 cm³/mol. The number of carbonyl (C=O) groups is 2. The number of rotatable bonds is 0. The molecule has 0 unspecified atom stereocenters. The summed E-state index contributed by atoms with van der Waals surface area (Å²) in [5, 5.41) is 0. The first-order valence-electron chi connectivity index (χ1n) is 3.29. The molecule has 0 radical (unpaired) electrons.